The van der Waals surface area contributed by atoms with Crippen LogP contribution in [0.4, 0.5) is 0 Å². The van der Waals surface area contributed by atoms with Crippen molar-refractivity contribution < 1.29 is 61.6 Å². The molecular formula is C31H61NO13. The molecule has 268 valence electrons. The lowest BCUT2D eigenvalue weighted by molar-refractivity contribution is -0.0327. The van der Waals surface area contributed by atoms with Gasteiger partial charge in [-0.1, -0.05) is 6.58 Å². The highest BCUT2D eigenvalue weighted by Crippen LogP contribution is 2.06. The summed E-state index contributed by atoms with van der Waals surface area (Å²) in [5, 5.41) is 3.33. The molecule has 0 bridgehead atoms. The van der Waals surface area contributed by atoms with Gasteiger partial charge in [0.15, 0.2) is 0 Å². The van der Waals surface area contributed by atoms with Crippen LogP contribution >= 0.6 is 0 Å². The van der Waals surface area contributed by atoms with Gasteiger partial charge < -0.3 is 66.9 Å². The Labute approximate surface area is 270 Å². The minimum atomic E-state index is 0.371. The fourth-order valence-electron chi connectivity index (χ4n) is 3.73. The van der Waals surface area contributed by atoms with Gasteiger partial charge in [-0.2, -0.15) is 0 Å². The monoisotopic (exact) mass is 655 g/mol. The molecule has 0 aliphatic carbocycles. The lowest BCUT2D eigenvalue weighted by atomic mass is 10.1. The maximum atomic E-state index is 5.79. The third-order valence-electron chi connectivity index (χ3n) is 6.05. The summed E-state index contributed by atoms with van der Waals surface area (Å²) < 4.78 is 70.8. The average Bonchev–Trinajstić information content (AvgIpc) is 3.06. The highest BCUT2D eigenvalue weighted by Gasteiger charge is 2.12. The highest BCUT2D eigenvalue weighted by atomic mass is 16.6. The molecule has 0 saturated carbocycles. The first kappa shape index (κ1) is 42.0. The maximum Gasteiger partial charge on any atom is 0.111 e. The summed E-state index contributed by atoms with van der Waals surface area (Å²) in [6.07, 6.45) is 3.93. The summed E-state index contributed by atoms with van der Waals surface area (Å²) in [7, 11) is 0. The minimum Gasteiger partial charge on any atom is -0.499 e. The van der Waals surface area contributed by atoms with Crippen LogP contribution in [-0.4, -0.2) is 178 Å². The Morgan fingerprint density at radius 3 is 0.889 bits per heavy atom. The summed E-state index contributed by atoms with van der Waals surface area (Å²) in [6, 6.07) is 0. The molecule has 0 atom stereocenters. The highest BCUT2D eigenvalue weighted by molar-refractivity contribution is 4.67. The van der Waals surface area contributed by atoms with Crippen molar-refractivity contribution in [2.24, 2.45) is 0 Å². The first-order valence-electron chi connectivity index (χ1n) is 16.3. The van der Waals surface area contributed by atoms with Gasteiger partial charge in [0.2, 0.25) is 0 Å². The van der Waals surface area contributed by atoms with Gasteiger partial charge in [-0.05, 0) is 25.9 Å². The maximum absolute atomic E-state index is 5.79. The lowest BCUT2D eigenvalue weighted by Gasteiger charge is -2.22. The van der Waals surface area contributed by atoms with Crippen LogP contribution in [0.25, 0.3) is 0 Å². The summed E-state index contributed by atoms with van der Waals surface area (Å²) in [4.78, 5) is 0. The Kier molecular flexibility index (Phi) is 35.0. The van der Waals surface area contributed by atoms with Crippen LogP contribution in [-0.2, 0) is 61.6 Å². The quantitative estimate of drug-likeness (QED) is 0.0752. The number of piperidine rings is 1. The van der Waals surface area contributed by atoms with Crippen LogP contribution in [0.2, 0.25) is 0 Å². The molecular weight excluding hydrogens is 594 g/mol. The molecule has 0 aromatic heterocycles. The van der Waals surface area contributed by atoms with Crippen molar-refractivity contribution in [2.75, 3.05) is 172 Å². The van der Waals surface area contributed by atoms with Crippen molar-refractivity contribution in [1.82, 2.24) is 5.32 Å². The van der Waals surface area contributed by atoms with E-state index in [-0.39, 0.29) is 0 Å². The molecule has 0 amide bonds. The van der Waals surface area contributed by atoms with Gasteiger partial charge in [0.25, 0.3) is 0 Å². The Hall–Kier alpha value is -0.980. The fourth-order valence-corrected chi connectivity index (χ4v) is 3.73. The molecule has 0 unspecified atom stereocenters. The summed E-state index contributed by atoms with van der Waals surface area (Å²) in [5.74, 6) is 0. The fraction of sp³-hybridized carbons (Fsp3) is 0.935. The van der Waals surface area contributed by atoms with Crippen molar-refractivity contribution in [1.29, 1.82) is 0 Å². The second-order valence-corrected chi connectivity index (χ2v) is 9.59. The molecule has 14 nitrogen and oxygen atoms in total. The smallest absolute Gasteiger partial charge is 0.111 e. The molecule has 1 fully saturated rings. The van der Waals surface area contributed by atoms with Gasteiger partial charge in [0.1, 0.15) is 6.61 Å². The summed E-state index contributed by atoms with van der Waals surface area (Å²) in [5.41, 5.74) is 0. The molecule has 1 N–H and O–H groups in total. The Morgan fingerprint density at radius 2 is 0.622 bits per heavy atom. The van der Waals surface area contributed by atoms with E-state index < -0.39 is 0 Å². The number of ether oxygens (including phenoxy) is 13. The van der Waals surface area contributed by atoms with Crippen LogP contribution in [0.3, 0.4) is 0 Å². The first-order chi connectivity index (χ1) is 22.4. The largest absolute Gasteiger partial charge is 0.499 e. The van der Waals surface area contributed by atoms with Crippen LogP contribution in [0.15, 0.2) is 12.8 Å². The second kappa shape index (κ2) is 37.5. The molecule has 0 aromatic carbocycles. The van der Waals surface area contributed by atoms with E-state index in [1.54, 1.807) is 0 Å². The topological polar surface area (TPSA) is 132 Å². The predicted octanol–water partition coefficient (Wildman–Crippen LogP) is 1.10. The van der Waals surface area contributed by atoms with E-state index in [2.05, 4.69) is 11.9 Å². The van der Waals surface area contributed by atoms with Crippen molar-refractivity contribution >= 4 is 0 Å². The van der Waals surface area contributed by atoms with Gasteiger partial charge in [0.05, 0.1) is 164 Å². The van der Waals surface area contributed by atoms with E-state index in [4.69, 9.17) is 61.6 Å². The standard InChI is InChI=1S/C31H61NO13/c1-2-33-7-8-34-9-10-35-11-12-36-13-14-37-15-16-38-17-18-39-19-20-40-21-22-41-23-24-42-25-26-43-27-28-44-29-30-45-31-3-5-32-6-4-31/h2,31-32H,1,3-30H2. The van der Waals surface area contributed by atoms with E-state index in [1.807, 2.05) is 0 Å². The number of hydrogen-bond acceptors (Lipinski definition) is 14. The average molecular weight is 656 g/mol. The molecule has 1 rings (SSSR count). The van der Waals surface area contributed by atoms with Crippen molar-refractivity contribution in [3.63, 3.8) is 0 Å². The van der Waals surface area contributed by atoms with Crippen molar-refractivity contribution in [3.05, 3.63) is 12.8 Å². The number of rotatable bonds is 38. The van der Waals surface area contributed by atoms with E-state index in [0.29, 0.717) is 165 Å². The Balaban J connectivity index is 1.60. The van der Waals surface area contributed by atoms with Crippen LogP contribution in [0.5, 0.6) is 0 Å². The predicted molar refractivity (Wildman–Crippen MR) is 167 cm³/mol. The Bertz CT molecular complexity index is 574. The molecule has 0 aromatic rings. The Morgan fingerprint density at radius 1 is 0.378 bits per heavy atom. The van der Waals surface area contributed by atoms with Gasteiger partial charge in [-0.15, -0.1) is 0 Å². The molecule has 1 saturated heterocycles. The zero-order valence-corrected chi connectivity index (χ0v) is 27.5. The molecule has 1 aliphatic heterocycles. The minimum absolute atomic E-state index is 0.371. The van der Waals surface area contributed by atoms with E-state index in [0.717, 1.165) is 25.9 Å². The third kappa shape index (κ3) is 34.2. The summed E-state index contributed by atoms with van der Waals surface area (Å²) in [6.45, 7) is 18.3. The van der Waals surface area contributed by atoms with Gasteiger partial charge in [-0.3, -0.25) is 0 Å². The van der Waals surface area contributed by atoms with E-state index in [9.17, 15) is 0 Å². The SMILES string of the molecule is C=COCCOCCOCCOCCOCCOCCOCCOCCOCCOCCOCCOCCOC1CCNCC1. The lowest BCUT2D eigenvalue weighted by Crippen LogP contribution is -2.33. The van der Waals surface area contributed by atoms with E-state index >= 15 is 0 Å². The van der Waals surface area contributed by atoms with Crippen molar-refractivity contribution in [3.8, 4) is 0 Å². The van der Waals surface area contributed by atoms with Crippen LogP contribution in [0, 0.1) is 0 Å². The molecule has 1 heterocycles. The zero-order chi connectivity index (χ0) is 32.0. The van der Waals surface area contributed by atoms with Crippen molar-refractivity contribution in [2.45, 2.75) is 18.9 Å². The second-order valence-electron chi connectivity index (χ2n) is 9.59. The molecule has 0 radical (unpaired) electrons. The third-order valence-corrected chi connectivity index (χ3v) is 6.05. The van der Waals surface area contributed by atoms with Crippen LogP contribution in [0.1, 0.15) is 12.8 Å². The zero-order valence-electron chi connectivity index (χ0n) is 27.5. The summed E-state index contributed by atoms with van der Waals surface area (Å²) >= 11 is 0. The first-order valence-corrected chi connectivity index (χ1v) is 16.3. The van der Waals surface area contributed by atoms with Gasteiger partial charge in [0, 0.05) is 0 Å². The molecule has 0 spiro atoms. The molecule has 14 heteroatoms. The normalized spacial score (nSPS) is 13.9. The van der Waals surface area contributed by atoms with Gasteiger partial charge >= 0.3 is 0 Å². The molecule has 1 aliphatic rings. The van der Waals surface area contributed by atoms with Gasteiger partial charge in [-0.25, -0.2) is 0 Å². The van der Waals surface area contributed by atoms with Crippen LogP contribution < -0.4 is 5.32 Å². The number of nitrogens with one attached hydrogen (secondary N) is 1. The molecule has 45 heavy (non-hydrogen) atoms. The number of hydrogen-bond donors (Lipinski definition) is 1. The van der Waals surface area contributed by atoms with E-state index in [1.165, 1.54) is 6.26 Å².